The van der Waals surface area contributed by atoms with E-state index in [-0.39, 0.29) is 40.0 Å². The largest absolute Gasteiger partial charge is 0.357 e. The van der Waals surface area contributed by atoms with Crippen molar-refractivity contribution in [2.24, 2.45) is 5.92 Å². The van der Waals surface area contributed by atoms with Gasteiger partial charge in [-0.3, -0.25) is 19.2 Å². The third kappa shape index (κ3) is 3.85. The molecule has 2 fully saturated rings. The summed E-state index contributed by atoms with van der Waals surface area (Å²) in [6.45, 7) is 1.51. The standard InChI is InChI=1S/C25H22F3N5O4/c1-11-18(20(34)22(36)32-24(23(37)30-2)9-25(27,28)10-24)17-7-12-6-16(12)33(17)19(11)21(35)31-14-3-4-15(26)13(5-14)8-29/h3-5,12,16H,6-7,9-10H2,1-2H3,(H,30,37)(H,31,35)(H,32,36). The van der Waals surface area contributed by atoms with Gasteiger partial charge in [-0.05, 0) is 49.4 Å². The van der Waals surface area contributed by atoms with Crippen molar-refractivity contribution in [1.82, 2.24) is 15.2 Å². The lowest BCUT2D eigenvalue weighted by Crippen LogP contribution is -2.69. The number of anilines is 1. The van der Waals surface area contributed by atoms with Crippen LogP contribution in [0.1, 0.15) is 63.0 Å². The minimum atomic E-state index is -3.14. The van der Waals surface area contributed by atoms with Crippen molar-refractivity contribution < 1.29 is 32.3 Å². The normalized spacial score (nSPS) is 21.5. The average Bonchev–Trinajstić information content (AvgIpc) is 3.41. The molecule has 3 aliphatic rings. The second kappa shape index (κ2) is 8.19. The highest BCUT2D eigenvalue weighted by atomic mass is 19.3. The highest BCUT2D eigenvalue weighted by Gasteiger charge is 2.62. The number of Topliss-reactive ketones (excluding diaryl/α,β-unsaturated/α-hetero) is 1. The number of nitriles is 1. The predicted molar refractivity (Wildman–Crippen MR) is 123 cm³/mol. The summed E-state index contributed by atoms with van der Waals surface area (Å²) in [6, 6.07) is 5.20. The molecular weight excluding hydrogens is 491 g/mol. The van der Waals surface area contributed by atoms with E-state index >= 15 is 0 Å². The lowest BCUT2D eigenvalue weighted by Gasteiger charge is -2.45. The Kier molecular flexibility index (Phi) is 5.44. The number of alkyl halides is 2. The van der Waals surface area contributed by atoms with Crippen LogP contribution in [-0.2, 0) is 16.0 Å². The SMILES string of the molecule is CNC(=O)C1(NC(=O)C(=O)c2c(C)c(C(=O)Nc3ccc(F)c(C#N)c3)n3c2CC2CC23)CC(F)(F)C1. The molecule has 2 saturated carbocycles. The van der Waals surface area contributed by atoms with E-state index in [4.69, 9.17) is 5.26 Å². The van der Waals surface area contributed by atoms with Gasteiger partial charge in [0.05, 0.1) is 11.1 Å². The molecule has 1 aromatic heterocycles. The average molecular weight is 513 g/mol. The van der Waals surface area contributed by atoms with Crippen LogP contribution in [0, 0.1) is 30.0 Å². The number of aromatic nitrogens is 1. The molecule has 9 nitrogen and oxygen atoms in total. The molecule has 1 aliphatic heterocycles. The number of nitrogens with one attached hydrogen (secondary N) is 3. The molecule has 0 saturated heterocycles. The molecule has 37 heavy (non-hydrogen) atoms. The fourth-order valence-corrected chi connectivity index (χ4v) is 5.58. The number of carbonyl (C=O) groups excluding carboxylic acids is 4. The predicted octanol–water partition coefficient (Wildman–Crippen LogP) is 2.39. The fraction of sp³-hybridized carbons (Fsp3) is 0.400. The number of hydrogen-bond acceptors (Lipinski definition) is 5. The molecule has 2 unspecified atom stereocenters. The molecule has 0 radical (unpaired) electrons. The van der Waals surface area contributed by atoms with E-state index in [0.29, 0.717) is 12.1 Å². The number of likely N-dealkylation sites (N-methyl/N-ethyl adjacent to an activating group) is 1. The molecule has 3 N–H and O–H groups in total. The molecular formula is C25H22F3N5O4. The molecule has 5 rings (SSSR count). The zero-order valence-corrected chi connectivity index (χ0v) is 19.9. The van der Waals surface area contributed by atoms with Gasteiger partial charge in [0.15, 0.2) is 0 Å². The number of fused-ring (bicyclic) bond motifs is 3. The van der Waals surface area contributed by atoms with Crippen LogP contribution in [0.2, 0.25) is 0 Å². The second-order valence-electron chi connectivity index (χ2n) is 9.85. The van der Waals surface area contributed by atoms with Crippen LogP contribution in [0.5, 0.6) is 0 Å². The number of carbonyl (C=O) groups is 4. The zero-order chi connectivity index (χ0) is 26.9. The van der Waals surface area contributed by atoms with Crippen LogP contribution < -0.4 is 16.0 Å². The van der Waals surface area contributed by atoms with E-state index in [2.05, 4.69) is 16.0 Å². The maximum absolute atomic E-state index is 13.7. The molecule has 12 heteroatoms. The van der Waals surface area contributed by atoms with Gasteiger partial charge in [0.2, 0.25) is 5.91 Å². The monoisotopic (exact) mass is 513 g/mol. The Morgan fingerprint density at radius 3 is 2.51 bits per heavy atom. The number of halogens is 3. The maximum Gasteiger partial charge on any atom is 0.293 e. The summed E-state index contributed by atoms with van der Waals surface area (Å²) in [7, 11) is 1.25. The molecule has 0 spiro atoms. The Labute approximate surface area is 209 Å². The summed E-state index contributed by atoms with van der Waals surface area (Å²) in [5, 5.41) is 16.1. The quantitative estimate of drug-likeness (QED) is 0.403. The Bertz CT molecular complexity index is 1430. The highest BCUT2D eigenvalue weighted by molar-refractivity contribution is 6.44. The highest BCUT2D eigenvalue weighted by Crippen LogP contribution is 2.54. The molecule has 192 valence electrons. The van der Waals surface area contributed by atoms with Gasteiger partial charge in [0, 0.05) is 37.3 Å². The van der Waals surface area contributed by atoms with Crippen LogP contribution in [0.4, 0.5) is 18.9 Å². The summed E-state index contributed by atoms with van der Waals surface area (Å²) in [6.07, 6.45) is -0.594. The van der Waals surface area contributed by atoms with Crippen LogP contribution in [0.25, 0.3) is 0 Å². The number of nitrogens with zero attached hydrogens (tertiary/aromatic N) is 2. The van der Waals surface area contributed by atoms with E-state index in [1.54, 1.807) is 10.6 Å². The van der Waals surface area contributed by atoms with Gasteiger partial charge in [-0.2, -0.15) is 5.26 Å². The lowest BCUT2D eigenvalue weighted by atomic mass is 9.72. The first-order chi connectivity index (χ1) is 17.4. The summed E-state index contributed by atoms with van der Waals surface area (Å²) in [5.41, 5.74) is -1.10. The number of ketones is 1. The van der Waals surface area contributed by atoms with Crippen molar-refractivity contribution in [2.75, 3.05) is 12.4 Å². The zero-order valence-electron chi connectivity index (χ0n) is 19.9. The van der Waals surface area contributed by atoms with E-state index in [1.807, 2.05) is 0 Å². The minimum Gasteiger partial charge on any atom is -0.357 e. The van der Waals surface area contributed by atoms with Crippen LogP contribution >= 0.6 is 0 Å². The van der Waals surface area contributed by atoms with Gasteiger partial charge in [-0.1, -0.05) is 0 Å². The van der Waals surface area contributed by atoms with Crippen LogP contribution in [0.15, 0.2) is 18.2 Å². The van der Waals surface area contributed by atoms with E-state index in [0.717, 1.165) is 12.5 Å². The van der Waals surface area contributed by atoms with Crippen molar-refractivity contribution >= 4 is 29.2 Å². The summed E-state index contributed by atoms with van der Waals surface area (Å²) >= 11 is 0. The first-order valence-electron chi connectivity index (χ1n) is 11.6. The first-order valence-corrected chi connectivity index (χ1v) is 11.6. The molecule has 2 atom stereocenters. The Hall–Kier alpha value is -4.14. The number of benzene rings is 1. The molecule has 3 amide bonds. The molecule has 2 heterocycles. The van der Waals surface area contributed by atoms with E-state index in [1.165, 1.54) is 26.1 Å². The van der Waals surface area contributed by atoms with E-state index < -0.39 is 53.6 Å². The number of amides is 3. The third-order valence-corrected chi connectivity index (χ3v) is 7.35. The van der Waals surface area contributed by atoms with Crippen molar-refractivity contribution in [3.8, 4) is 6.07 Å². The molecule has 2 aromatic rings. The van der Waals surface area contributed by atoms with Crippen molar-refractivity contribution in [3.05, 3.63) is 52.1 Å². The molecule has 1 aromatic carbocycles. The van der Waals surface area contributed by atoms with Crippen molar-refractivity contribution in [1.29, 1.82) is 5.26 Å². The molecule has 2 aliphatic carbocycles. The maximum atomic E-state index is 13.7. The van der Waals surface area contributed by atoms with Crippen LogP contribution in [0.3, 0.4) is 0 Å². The minimum absolute atomic E-state index is 0.00445. The Morgan fingerprint density at radius 1 is 1.19 bits per heavy atom. The summed E-state index contributed by atoms with van der Waals surface area (Å²) in [4.78, 5) is 51.8. The van der Waals surface area contributed by atoms with Gasteiger partial charge >= 0.3 is 0 Å². The summed E-state index contributed by atoms with van der Waals surface area (Å²) in [5.74, 6) is -7.34. The smallest absolute Gasteiger partial charge is 0.293 e. The molecule has 0 bridgehead atoms. The van der Waals surface area contributed by atoms with Crippen molar-refractivity contribution in [3.63, 3.8) is 0 Å². The topological polar surface area (TPSA) is 133 Å². The van der Waals surface area contributed by atoms with Gasteiger partial charge < -0.3 is 20.5 Å². The van der Waals surface area contributed by atoms with Crippen LogP contribution in [-0.4, -0.2) is 46.6 Å². The van der Waals surface area contributed by atoms with Crippen molar-refractivity contribution in [2.45, 2.75) is 50.1 Å². The van der Waals surface area contributed by atoms with E-state index in [9.17, 15) is 32.3 Å². The summed E-state index contributed by atoms with van der Waals surface area (Å²) < 4.78 is 42.7. The fourth-order valence-electron chi connectivity index (χ4n) is 5.58. The first kappa shape index (κ1) is 24.5. The lowest BCUT2D eigenvalue weighted by molar-refractivity contribution is -0.164. The van der Waals surface area contributed by atoms with Gasteiger partial charge in [0.25, 0.3) is 23.5 Å². The second-order valence-corrected chi connectivity index (χ2v) is 9.85. The number of rotatable bonds is 6. The van der Waals surface area contributed by atoms with Gasteiger partial charge in [-0.15, -0.1) is 0 Å². The third-order valence-electron chi connectivity index (χ3n) is 7.35. The Morgan fingerprint density at radius 2 is 1.89 bits per heavy atom. The number of hydrogen-bond donors (Lipinski definition) is 3. The van der Waals surface area contributed by atoms with Gasteiger partial charge in [-0.25, -0.2) is 13.2 Å². The Balaban J connectivity index is 1.45. The van der Waals surface area contributed by atoms with Gasteiger partial charge in [0.1, 0.15) is 23.1 Å².